The molecule has 2 amide bonds. The first kappa shape index (κ1) is 22.3. The largest absolute Gasteiger partial charge is 0.454 e. The second kappa shape index (κ2) is 10.6. The summed E-state index contributed by atoms with van der Waals surface area (Å²) in [6, 6.07) is 24.9. The molecule has 1 aliphatic heterocycles. The standard InChI is InChI=1S/C27H26N2O4/c30-25(29-17-9-15-21-12-7-8-16-24(21)29)19-33-27(32)23(18-20-10-3-1-4-11-20)28-26(31)22-13-5-2-6-14-22/h1-8,10-14,16,23H,9,15,17-19H2,(H,28,31)/t23-/m1/s1. The van der Waals surface area contributed by atoms with Crippen molar-refractivity contribution in [2.45, 2.75) is 25.3 Å². The first-order valence-electron chi connectivity index (χ1n) is 11.1. The third-order valence-corrected chi connectivity index (χ3v) is 5.66. The number of amides is 2. The highest BCUT2D eigenvalue weighted by atomic mass is 16.5. The Labute approximate surface area is 193 Å². The maximum atomic E-state index is 12.9. The molecule has 1 heterocycles. The highest BCUT2D eigenvalue weighted by Gasteiger charge is 2.27. The van der Waals surface area contributed by atoms with Crippen molar-refractivity contribution in [3.8, 4) is 0 Å². The fourth-order valence-corrected chi connectivity index (χ4v) is 3.98. The summed E-state index contributed by atoms with van der Waals surface area (Å²) >= 11 is 0. The molecule has 6 nitrogen and oxygen atoms in total. The van der Waals surface area contributed by atoms with Crippen molar-refractivity contribution in [3.05, 3.63) is 102 Å². The van der Waals surface area contributed by atoms with Crippen LogP contribution in [-0.2, 0) is 27.2 Å². The molecule has 0 spiro atoms. The summed E-state index contributed by atoms with van der Waals surface area (Å²) in [6.07, 6.45) is 2.05. The Morgan fingerprint density at radius 1 is 0.879 bits per heavy atom. The van der Waals surface area contributed by atoms with Crippen molar-refractivity contribution in [3.63, 3.8) is 0 Å². The average Bonchev–Trinajstić information content (AvgIpc) is 2.87. The second-order valence-corrected chi connectivity index (χ2v) is 7.97. The maximum absolute atomic E-state index is 12.9. The predicted octanol–water partition coefficient (Wildman–Crippen LogP) is 3.55. The molecule has 0 radical (unpaired) electrons. The van der Waals surface area contributed by atoms with E-state index in [9.17, 15) is 14.4 Å². The highest BCUT2D eigenvalue weighted by molar-refractivity contribution is 5.98. The van der Waals surface area contributed by atoms with Crippen molar-refractivity contribution >= 4 is 23.5 Å². The third kappa shape index (κ3) is 5.66. The molecule has 0 aliphatic carbocycles. The lowest BCUT2D eigenvalue weighted by molar-refractivity contribution is -0.149. The van der Waals surface area contributed by atoms with Crippen LogP contribution in [0.2, 0.25) is 0 Å². The maximum Gasteiger partial charge on any atom is 0.329 e. The van der Waals surface area contributed by atoms with Gasteiger partial charge in [-0.05, 0) is 42.2 Å². The quantitative estimate of drug-likeness (QED) is 0.568. The summed E-state index contributed by atoms with van der Waals surface area (Å²) in [5.41, 5.74) is 3.30. The van der Waals surface area contributed by atoms with Crippen molar-refractivity contribution in [1.82, 2.24) is 5.32 Å². The first-order chi connectivity index (χ1) is 16.1. The lowest BCUT2D eigenvalue weighted by atomic mass is 10.0. The summed E-state index contributed by atoms with van der Waals surface area (Å²) in [7, 11) is 0. The fraction of sp³-hybridized carbons (Fsp3) is 0.222. The molecule has 168 valence electrons. The Kier molecular flexibility index (Phi) is 7.15. The number of hydrogen-bond acceptors (Lipinski definition) is 4. The Hall–Kier alpha value is -3.93. The van der Waals surface area contributed by atoms with E-state index in [1.165, 1.54) is 0 Å². The molecule has 1 atom stereocenters. The van der Waals surface area contributed by atoms with Gasteiger partial charge in [-0.1, -0.05) is 66.7 Å². The van der Waals surface area contributed by atoms with Gasteiger partial charge in [0.2, 0.25) is 0 Å². The summed E-state index contributed by atoms with van der Waals surface area (Å²) in [5.74, 6) is -1.28. The number of para-hydroxylation sites is 1. The summed E-state index contributed by atoms with van der Waals surface area (Å²) in [5, 5.41) is 2.76. The van der Waals surface area contributed by atoms with Gasteiger partial charge in [0.1, 0.15) is 6.04 Å². The molecule has 0 unspecified atom stereocenters. The van der Waals surface area contributed by atoms with E-state index in [1.54, 1.807) is 29.2 Å². The topological polar surface area (TPSA) is 75.7 Å². The minimum atomic E-state index is -0.915. The van der Waals surface area contributed by atoms with Crippen LogP contribution in [0.25, 0.3) is 0 Å². The van der Waals surface area contributed by atoms with Crippen molar-refractivity contribution in [2.75, 3.05) is 18.1 Å². The number of ether oxygens (including phenoxy) is 1. The van der Waals surface area contributed by atoms with Crippen molar-refractivity contribution < 1.29 is 19.1 Å². The Morgan fingerprint density at radius 2 is 1.55 bits per heavy atom. The zero-order valence-electron chi connectivity index (χ0n) is 18.3. The minimum absolute atomic E-state index is 0.263. The van der Waals surface area contributed by atoms with Crippen molar-refractivity contribution in [1.29, 1.82) is 0 Å². The zero-order valence-corrected chi connectivity index (χ0v) is 18.3. The van der Waals surface area contributed by atoms with Gasteiger partial charge in [-0.15, -0.1) is 0 Å². The molecule has 3 aromatic rings. The molecule has 6 heteroatoms. The van der Waals surface area contributed by atoms with E-state index in [-0.39, 0.29) is 24.8 Å². The zero-order chi connectivity index (χ0) is 23.0. The summed E-state index contributed by atoms with van der Waals surface area (Å²) in [6.45, 7) is 0.214. The molecule has 0 saturated carbocycles. The molecule has 0 saturated heterocycles. The van der Waals surface area contributed by atoms with E-state index in [2.05, 4.69) is 5.32 Å². The van der Waals surface area contributed by atoms with E-state index < -0.39 is 12.0 Å². The number of carbonyl (C=O) groups is 3. The van der Waals surface area contributed by atoms with E-state index in [4.69, 9.17) is 4.74 Å². The van der Waals surface area contributed by atoms with Gasteiger partial charge in [0, 0.05) is 24.2 Å². The smallest absolute Gasteiger partial charge is 0.329 e. The molecule has 0 bridgehead atoms. The van der Waals surface area contributed by atoms with E-state index in [0.29, 0.717) is 12.1 Å². The van der Waals surface area contributed by atoms with Crippen LogP contribution in [0.15, 0.2) is 84.9 Å². The van der Waals surface area contributed by atoms with Gasteiger partial charge in [0.15, 0.2) is 6.61 Å². The molecule has 4 rings (SSSR count). The minimum Gasteiger partial charge on any atom is -0.454 e. The SMILES string of the molecule is O=C(N[C@H](Cc1ccccc1)C(=O)OCC(=O)N1CCCc2ccccc21)c1ccccc1. The van der Waals surface area contributed by atoms with Crippen LogP contribution < -0.4 is 10.2 Å². The lowest BCUT2D eigenvalue weighted by Gasteiger charge is -2.29. The molecule has 0 aromatic heterocycles. The van der Waals surface area contributed by atoms with Crippen LogP contribution in [0.5, 0.6) is 0 Å². The number of nitrogens with zero attached hydrogens (tertiary/aromatic N) is 1. The first-order valence-corrected chi connectivity index (χ1v) is 11.1. The van der Waals surface area contributed by atoms with E-state index >= 15 is 0 Å². The number of carbonyl (C=O) groups excluding carboxylic acids is 3. The number of benzene rings is 3. The van der Waals surface area contributed by atoms with Gasteiger partial charge >= 0.3 is 5.97 Å². The summed E-state index contributed by atoms with van der Waals surface area (Å²) < 4.78 is 5.40. The number of nitrogens with one attached hydrogen (secondary N) is 1. The van der Waals surface area contributed by atoms with Crippen LogP contribution in [0.3, 0.4) is 0 Å². The van der Waals surface area contributed by atoms with Crippen LogP contribution in [-0.4, -0.2) is 37.0 Å². The molecule has 0 fully saturated rings. The average molecular weight is 443 g/mol. The Bertz CT molecular complexity index is 1120. The Balaban J connectivity index is 1.43. The number of hydrogen-bond donors (Lipinski definition) is 1. The predicted molar refractivity (Wildman–Crippen MR) is 126 cm³/mol. The molecular weight excluding hydrogens is 416 g/mol. The molecule has 33 heavy (non-hydrogen) atoms. The van der Waals surface area contributed by atoms with Crippen LogP contribution in [0.4, 0.5) is 5.69 Å². The van der Waals surface area contributed by atoms with Crippen LogP contribution in [0.1, 0.15) is 27.9 Å². The number of anilines is 1. The Morgan fingerprint density at radius 3 is 2.30 bits per heavy atom. The molecular formula is C27H26N2O4. The summed E-state index contributed by atoms with van der Waals surface area (Å²) in [4.78, 5) is 40.1. The normalized spacial score (nSPS) is 13.5. The molecule has 1 N–H and O–H groups in total. The van der Waals surface area contributed by atoms with Crippen LogP contribution >= 0.6 is 0 Å². The number of fused-ring (bicyclic) bond motifs is 1. The van der Waals surface area contributed by atoms with Gasteiger partial charge in [-0.3, -0.25) is 9.59 Å². The van der Waals surface area contributed by atoms with E-state index in [0.717, 1.165) is 29.7 Å². The molecule has 3 aromatic carbocycles. The van der Waals surface area contributed by atoms with Gasteiger partial charge in [-0.25, -0.2) is 4.79 Å². The lowest BCUT2D eigenvalue weighted by Crippen LogP contribution is -2.45. The monoisotopic (exact) mass is 442 g/mol. The van der Waals surface area contributed by atoms with Gasteiger partial charge in [0.05, 0.1) is 0 Å². The van der Waals surface area contributed by atoms with Crippen LogP contribution in [0, 0.1) is 0 Å². The van der Waals surface area contributed by atoms with Gasteiger partial charge in [-0.2, -0.15) is 0 Å². The molecule has 1 aliphatic rings. The van der Waals surface area contributed by atoms with Crippen molar-refractivity contribution in [2.24, 2.45) is 0 Å². The number of esters is 1. The second-order valence-electron chi connectivity index (χ2n) is 7.97. The third-order valence-electron chi connectivity index (χ3n) is 5.66. The highest BCUT2D eigenvalue weighted by Crippen LogP contribution is 2.26. The number of aryl methyl sites for hydroxylation is 1. The van der Waals surface area contributed by atoms with Gasteiger partial charge < -0.3 is 15.0 Å². The van der Waals surface area contributed by atoms with E-state index in [1.807, 2.05) is 60.7 Å². The number of rotatable bonds is 7. The van der Waals surface area contributed by atoms with Gasteiger partial charge in [0.25, 0.3) is 11.8 Å². The fourth-order valence-electron chi connectivity index (χ4n) is 3.98.